The summed E-state index contributed by atoms with van der Waals surface area (Å²) in [6.07, 6.45) is 2.63. The van der Waals surface area contributed by atoms with Gasteiger partial charge in [-0.2, -0.15) is 5.26 Å². The Labute approximate surface area is 112 Å². The molecule has 92 valence electrons. The van der Waals surface area contributed by atoms with Crippen LogP contribution in [-0.2, 0) is 0 Å². The fraction of sp³-hybridized carbons (Fsp3) is 0.500. The van der Waals surface area contributed by atoms with Crippen LogP contribution >= 0.6 is 23.4 Å². The minimum absolute atomic E-state index is 0.512. The second-order valence-electron chi connectivity index (χ2n) is 3.97. The SMILES string of the molecule is CCCNC(C)(C#N)CSc1ccc(Cl)cn1. The first-order valence-corrected chi connectivity index (χ1v) is 6.86. The monoisotopic (exact) mass is 269 g/mol. The number of hydrogen-bond donors (Lipinski definition) is 1. The zero-order valence-corrected chi connectivity index (χ0v) is 11.6. The van der Waals surface area contributed by atoms with Gasteiger partial charge in [-0.05, 0) is 32.0 Å². The quantitative estimate of drug-likeness (QED) is 0.806. The van der Waals surface area contributed by atoms with Crippen molar-refractivity contribution in [3.63, 3.8) is 0 Å². The summed E-state index contributed by atoms with van der Waals surface area (Å²) in [6.45, 7) is 4.84. The van der Waals surface area contributed by atoms with Crippen molar-refractivity contribution in [3.8, 4) is 6.07 Å². The predicted octanol–water partition coefficient (Wildman–Crippen LogP) is 3.11. The van der Waals surface area contributed by atoms with Crippen molar-refractivity contribution in [2.24, 2.45) is 0 Å². The van der Waals surface area contributed by atoms with Crippen LogP contribution in [-0.4, -0.2) is 22.8 Å². The van der Waals surface area contributed by atoms with Gasteiger partial charge in [0.15, 0.2) is 0 Å². The molecule has 0 aliphatic carbocycles. The Balaban J connectivity index is 2.53. The topological polar surface area (TPSA) is 48.7 Å². The Morgan fingerprint density at radius 2 is 2.35 bits per heavy atom. The van der Waals surface area contributed by atoms with Gasteiger partial charge in [-0.15, -0.1) is 11.8 Å². The first-order valence-electron chi connectivity index (χ1n) is 5.50. The molecule has 0 aromatic carbocycles. The van der Waals surface area contributed by atoms with Gasteiger partial charge in [0.1, 0.15) is 5.54 Å². The fourth-order valence-electron chi connectivity index (χ4n) is 1.19. The van der Waals surface area contributed by atoms with E-state index in [0.29, 0.717) is 10.8 Å². The Hall–Kier alpha value is -0.760. The average Bonchev–Trinajstić information content (AvgIpc) is 2.36. The van der Waals surface area contributed by atoms with Gasteiger partial charge in [-0.1, -0.05) is 18.5 Å². The summed E-state index contributed by atoms with van der Waals surface area (Å²) in [5, 5.41) is 13.9. The molecule has 0 aliphatic heterocycles. The van der Waals surface area contributed by atoms with Crippen molar-refractivity contribution in [2.75, 3.05) is 12.3 Å². The predicted molar refractivity (Wildman–Crippen MR) is 72.3 cm³/mol. The number of nitriles is 1. The first kappa shape index (κ1) is 14.3. The summed E-state index contributed by atoms with van der Waals surface area (Å²) in [5.74, 6) is 0.665. The van der Waals surface area contributed by atoms with E-state index in [0.717, 1.165) is 18.0 Å². The van der Waals surface area contributed by atoms with E-state index in [9.17, 15) is 0 Å². The molecular formula is C12H16ClN3S. The lowest BCUT2D eigenvalue weighted by atomic mass is 10.1. The molecule has 0 bridgehead atoms. The lowest BCUT2D eigenvalue weighted by molar-refractivity contribution is 0.493. The molecule has 5 heteroatoms. The normalized spacial score (nSPS) is 14.0. The molecule has 0 fully saturated rings. The molecule has 3 nitrogen and oxygen atoms in total. The Morgan fingerprint density at radius 3 is 2.88 bits per heavy atom. The highest BCUT2D eigenvalue weighted by molar-refractivity contribution is 7.99. The van der Waals surface area contributed by atoms with Crippen LogP contribution in [0.2, 0.25) is 5.02 Å². The minimum Gasteiger partial charge on any atom is -0.299 e. The van der Waals surface area contributed by atoms with Gasteiger partial charge in [0.05, 0.1) is 16.1 Å². The van der Waals surface area contributed by atoms with E-state index in [-0.39, 0.29) is 0 Å². The third kappa shape index (κ3) is 4.95. The molecule has 1 unspecified atom stereocenters. The van der Waals surface area contributed by atoms with Gasteiger partial charge < -0.3 is 0 Å². The largest absolute Gasteiger partial charge is 0.299 e. The van der Waals surface area contributed by atoms with Crippen LogP contribution in [0.5, 0.6) is 0 Å². The van der Waals surface area contributed by atoms with Crippen LogP contribution in [0.25, 0.3) is 0 Å². The van der Waals surface area contributed by atoms with E-state index >= 15 is 0 Å². The standard InChI is InChI=1S/C12H16ClN3S/c1-3-6-16-12(2,8-14)9-17-11-5-4-10(13)7-15-11/h4-5,7,16H,3,6,9H2,1-2H3. The minimum atomic E-state index is -0.512. The molecule has 0 saturated heterocycles. The van der Waals surface area contributed by atoms with Crippen LogP contribution < -0.4 is 5.32 Å². The van der Waals surface area contributed by atoms with Crippen molar-refractivity contribution >= 4 is 23.4 Å². The van der Waals surface area contributed by atoms with Crippen molar-refractivity contribution in [2.45, 2.75) is 30.8 Å². The summed E-state index contributed by atoms with van der Waals surface area (Å²) in [6, 6.07) is 5.98. The molecule has 1 aromatic heterocycles. The Morgan fingerprint density at radius 1 is 1.59 bits per heavy atom. The molecule has 0 spiro atoms. The van der Waals surface area contributed by atoms with Gasteiger partial charge in [0, 0.05) is 11.9 Å². The van der Waals surface area contributed by atoms with E-state index in [4.69, 9.17) is 16.9 Å². The van der Waals surface area contributed by atoms with Gasteiger partial charge in [0.2, 0.25) is 0 Å². The molecule has 0 amide bonds. The molecule has 1 heterocycles. The molecule has 0 saturated carbocycles. The number of rotatable bonds is 6. The third-order valence-electron chi connectivity index (χ3n) is 2.22. The van der Waals surface area contributed by atoms with Gasteiger partial charge in [-0.3, -0.25) is 5.32 Å². The van der Waals surface area contributed by atoms with Crippen LogP contribution in [0.15, 0.2) is 23.4 Å². The summed E-state index contributed by atoms with van der Waals surface area (Å²) >= 11 is 7.32. The summed E-state index contributed by atoms with van der Waals surface area (Å²) in [4.78, 5) is 4.19. The molecule has 1 N–H and O–H groups in total. The third-order valence-corrected chi connectivity index (χ3v) is 3.70. The number of hydrogen-bond acceptors (Lipinski definition) is 4. The van der Waals surface area contributed by atoms with Crippen molar-refractivity contribution < 1.29 is 0 Å². The first-order chi connectivity index (χ1) is 8.09. The summed E-state index contributed by atoms with van der Waals surface area (Å²) in [5.41, 5.74) is -0.512. The van der Waals surface area contributed by atoms with Crippen molar-refractivity contribution in [1.82, 2.24) is 10.3 Å². The maximum absolute atomic E-state index is 9.17. The zero-order valence-electron chi connectivity index (χ0n) is 10.0. The summed E-state index contributed by atoms with van der Waals surface area (Å²) < 4.78 is 0. The number of thioether (sulfide) groups is 1. The van der Waals surface area contributed by atoms with E-state index in [1.54, 1.807) is 24.0 Å². The average molecular weight is 270 g/mol. The smallest absolute Gasteiger partial charge is 0.113 e. The maximum atomic E-state index is 9.17. The van der Waals surface area contributed by atoms with Gasteiger partial charge >= 0.3 is 0 Å². The van der Waals surface area contributed by atoms with Gasteiger partial charge in [0.25, 0.3) is 0 Å². The maximum Gasteiger partial charge on any atom is 0.113 e. The highest BCUT2D eigenvalue weighted by atomic mass is 35.5. The van der Waals surface area contributed by atoms with Crippen molar-refractivity contribution in [3.05, 3.63) is 23.4 Å². The number of nitrogens with zero attached hydrogens (tertiary/aromatic N) is 2. The lowest BCUT2D eigenvalue weighted by Crippen LogP contribution is -2.43. The van der Waals surface area contributed by atoms with E-state index in [2.05, 4.69) is 23.3 Å². The van der Waals surface area contributed by atoms with Crippen LogP contribution in [0.4, 0.5) is 0 Å². The molecule has 0 aliphatic rings. The number of nitrogens with one attached hydrogen (secondary N) is 1. The molecule has 1 rings (SSSR count). The number of aromatic nitrogens is 1. The molecule has 0 radical (unpaired) electrons. The number of pyridine rings is 1. The van der Waals surface area contributed by atoms with E-state index < -0.39 is 5.54 Å². The van der Waals surface area contributed by atoms with E-state index in [1.807, 2.05) is 13.0 Å². The molecule has 17 heavy (non-hydrogen) atoms. The van der Waals surface area contributed by atoms with Crippen LogP contribution in [0, 0.1) is 11.3 Å². The Kier molecular flexibility index (Phi) is 5.76. The fourth-order valence-corrected chi connectivity index (χ4v) is 2.20. The summed E-state index contributed by atoms with van der Waals surface area (Å²) in [7, 11) is 0. The molecule has 1 atom stereocenters. The molecular weight excluding hydrogens is 254 g/mol. The highest BCUT2D eigenvalue weighted by Crippen LogP contribution is 2.21. The van der Waals surface area contributed by atoms with Gasteiger partial charge in [-0.25, -0.2) is 4.98 Å². The lowest BCUT2D eigenvalue weighted by Gasteiger charge is -2.22. The highest BCUT2D eigenvalue weighted by Gasteiger charge is 2.22. The van der Waals surface area contributed by atoms with Crippen LogP contribution in [0.1, 0.15) is 20.3 Å². The zero-order chi connectivity index (χ0) is 12.7. The second-order valence-corrected chi connectivity index (χ2v) is 5.41. The second kappa shape index (κ2) is 6.85. The molecule has 1 aromatic rings. The van der Waals surface area contributed by atoms with Crippen LogP contribution in [0.3, 0.4) is 0 Å². The van der Waals surface area contributed by atoms with E-state index in [1.165, 1.54) is 0 Å². The Bertz CT molecular complexity index is 388. The van der Waals surface area contributed by atoms with Crippen molar-refractivity contribution in [1.29, 1.82) is 5.26 Å². The number of halogens is 1.